The molecule has 1 aliphatic rings. The molecule has 0 radical (unpaired) electrons. The van der Waals surface area contributed by atoms with Gasteiger partial charge in [0.25, 0.3) is 11.8 Å². The molecule has 0 bridgehead atoms. The highest BCUT2D eigenvalue weighted by molar-refractivity contribution is 6.13. The van der Waals surface area contributed by atoms with Crippen LogP contribution in [0.1, 0.15) is 52.0 Å². The fraction of sp³-hybridized carbons (Fsp3) is 0.576. The van der Waals surface area contributed by atoms with Gasteiger partial charge in [-0.3, -0.25) is 33.7 Å². The first kappa shape index (κ1) is 39.8. The summed E-state index contributed by atoms with van der Waals surface area (Å²) in [5.74, 6) is -2.23. The molecule has 5 N–H and O–H groups in total. The summed E-state index contributed by atoms with van der Waals surface area (Å²) < 4.78 is 11.3. The summed E-state index contributed by atoms with van der Waals surface area (Å²) in [5.41, 5.74) is 0.897. The quantitative estimate of drug-likeness (QED) is 0.0845. The standard InChI is InChI=1S/C33H50N6O9/c1-6-7-8-25(36-33(46)31(22(2)3)37-28(42)20-38(4)5)32(45)35-24-10-9-23(21-40)26(19-24)48-18-17-47-16-14-34-27(41)13-15-39-29(43)11-12-30(39)44/h9-12,19,22,25,31,40H,6-8,13-18,20-21H2,1-5H3,(H,34,41)(H,35,45)(H,36,46)(H,37,42)/t25-,31-/m0/s1. The van der Waals surface area contributed by atoms with Crippen molar-refractivity contribution in [3.8, 4) is 5.75 Å². The number of benzene rings is 1. The van der Waals surface area contributed by atoms with Gasteiger partial charge in [-0.2, -0.15) is 0 Å². The molecule has 15 heteroatoms. The molecule has 2 atom stereocenters. The van der Waals surface area contributed by atoms with Crippen LogP contribution in [0.25, 0.3) is 0 Å². The third-order valence-electron chi connectivity index (χ3n) is 7.23. The van der Waals surface area contributed by atoms with E-state index in [1.54, 1.807) is 37.2 Å². The van der Waals surface area contributed by atoms with Crippen LogP contribution < -0.4 is 26.0 Å². The Balaban J connectivity index is 1.87. The number of nitrogens with one attached hydrogen (secondary N) is 4. The number of unbranched alkanes of at least 4 members (excludes halogenated alkanes) is 1. The van der Waals surface area contributed by atoms with Crippen molar-refractivity contribution in [3.63, 3.8) is 0 Å². The molecule has 0 fully saturated rings. The van der Waals surface area contributed by atoms with Crippen molar-refractivity contribution in [1.29, 1.82) is 0 Å². The van der Waals surface area contributed by atoms with Crippen molar-refractivity contribution >= 4 is 41.1 Å². The number of nitrogens with zero attached hydrogens (tertiary/aromatic N) is 2. The smallest absolute Gasteiger partial charge is 0.253 e. The monoisotopic (exact) mass is 674 g/mol. The number of ether oxygens (including phenoxy) is 2. The maximum atomic E-state index is 13.3. The lowest BCUT2D eigenvalue weighted by molar-refractivity contribution is -0.137. The summed E-state index contributed by atoms with van der Waals surface area (Å²) >= 11 is 0. The number of amides is 6. The van der Waals surface area contributed by atoms with Crippen molar-refractivity contribution in [3.05, 3.63) is 35.9 Å². The molecule has 2 rings (SSSR count). The van der Waals surface area contributed by atoms with Gasteiger partial charge in [-0.05, 0) is 32.5 Å². The van der Waals surface area contributed by atoms with Gasteiger partial charge >= 0.3 is 0 Å². The predicted molar refractivity (Wildman–Crippen MR) is 178 cm³/mol. The summed E-state index contributed by atoms with van der Waals surface area (Å²) in [6.45, 7) is 6.16. The van der Waals surface area contributed by atoms with E-state index in [1.165, 1.54) is 12.2 Å². The molecule has 0 aromatic heterocycles. The molecular weight excluding hydrogens is 624 g/mol. The number of aliphatic hydroxyl groups is 1. The maximum Gasteiger partial charge on any atom is 0.253 e. The highest BCUT2D eigenvalue weighted by atomic mass is 16.5. The molecule has 15 nitrogen and oxygen atoms in total. The summed E-state index contributed by atoms with van der Waals surface area (Å²) in [6, 6.07) is 3.16. The van der Waals surface area contributed by atoms with Crippen molar-refractivity contribution in [1.82, 2.24) is 25.8 Å². The molecular formula is C33H50N6O9. The van der Waals surface area contributed by atoms with Crippen molar-refractivity contribution in [2.75, 3.05) is 58.9 Å². The van der Waals surface area contributed by atoms with Gasteiger partial charge in [0.2, 0.25) is 23.6 Å². The fourth-order valence-corrected chi connectivity index (χ4v) is 4.63. The normalized spacial score (nSPS) is 13.9. The van der Waals surface area contributed by atoms with E-state index >= 15 is 0 Å². The van der Waals surface area contributed by atoms with Crippen LogP contribution in [0.5, 0.6) is 5.75 Å². The van der Waals surface area contributed by atoms with Gasteiger partial charge in [-0.25, -0.2) is 0 Å². The Bertz CT molecular complexity index is 1280. The number of anilines is 1. The first-order chi connectivity index (χ1) is 22.9. The Kier molecular flexibility index (Phi) is 17.3. The molecule has 0 saturated carbocycles. The predicted octanol–water partition coefficient (Wildman–Crippen LogP) is 0.322. The average Bonchev–Trinajstić information content (AvgIpc) is 3.35. The van der Waals surface area contributed by atoms with Crippen LogP contribution in [0, 0.1) is 5.92 Å². The van der Waals surface area contributed by atoms with E-state index in [-0.39, 0.29) is 70.2 Å². The molecule has 0 spiro atoms. The molecule has 0 saturated heterocycles. The maximum absolute atomic E-state index is 13.3. The van der Waals surface area contributed by atoms with Crippen molar-refractivity contribution in [2.24, 2.45) is 5.92 Å². The second-order valence-corrected chi connectivity index (χ2v) is 11.9. The molecule has 1 aromatic rings. The fourth-order valence-electron chi connectivity index (χ4n) is 4.63. The van der Waals surface area contributed by atoms with Crippen molar-refractivity contribution in [2.45, 2.75) is 65.1 Å². The van der Waals surface area contributed by atoms with Crippen LogP contribution >= 0.6 is 0 Å². The van der Waals surface area contributed by atoms with Crippen LogP contribution in [0.15, 0.2) is 30.4 Å². The molecule has 48 heavy (non-hydrogen) atoms. The molecule has 1 aromatic carbocycles. The zero-order valence-electron chi connectivity index (χ0n) is 28.5. The summed E-state index contributed by atoms with van der Waals surface area (Å²) in [6.07, 6.45) is 4.22. The lowest BCUT2D eigenvalue weighted by atomic mass is 10.0. The topological polar surface area (TPSA) is 196 Å². The number of hydrogen-bond acceptors (Lipinski definition) is 10. The van der Waals surface area contributed by atoms with E-state index in [1.807, 2.05) is 20.8 Å². The minimum Gasteiger partial charge on any atom is -0.491 e. The second-order valence-electron chi connectivity index (χ2n) is 11.9. The van der Waals surface area contributed by atoms with Gasteiger partial charge in [0.1, 0.15) is 24.4 Å². The number of carbonyl (C=O) groups is 6. The van der Waals surface area contributed by atoms with Crippen LogP contribution in [0.3, 0.4) is 0 Å². The van der Waals surface area contributed by atoms with E-state index in [4.69, 9.17) is 9.47 Å². The van der Waals surface area contributed by atoms with Crippen LogP contribution in [-0.4, -0.2) is 116 Å². The zero-order chi connectivity index (χ0) is 35.6. The first-order valence-corrected chi connectivity index (χ1v) is 16.2. The third kappa shape index (κ3) is 13.8. The SMILES string of the molecule is CCCC[C@H](NC(=O)[C@@H](NC(=O)CN(C)C)C(C)C)C(=O)Nc1ccc(CO)c(OCCOCCNC(=O)CCN2C(=O)C=CC2=O)c1. The lowest BCUT2D eigenvalue weighted by Crippen LogP contribution is -2.55. The largest absolute Gasteiger partial charge is 0.491 e. The summed E-state index contributed by atoms with van der Waals surface area (Å²) in [5, 5.41) is 20.8. The highest BCUT2D eigenvalue weighted by Gasteiger charge is 2.29. The van der Waals surface area contributed by atoms with E-state index in [9.17, 15) is 33.9 Å². The van der Waals surface area contributed by atoms with Gasteiger partial charge in [0.05, 0.1) is 26.4 Å². The number of aliphatic hydroxyl groups excluding tert-OH is 1. The van der Waals surface area contributed by atoms with E-state index in [0.29, 0.717) is 29.8 Å². The number of hydrogen-bond donors (Lipinski definition) is 5. The van der Waals surface area contributed by atoms with E-state index in [0.717, 1.165) is 11.3 Å². The van der Waals surface area contributed by atoms with E-state index < -0.39 is 35.7 Å². The van der Waals surface area contributed by atoms with Crippen LogP contribution in [0.2, 0.25) is 0 Å². The molecule has 1 aliphatic heterocycles. The zero-order valence-corrected chi connectivity index (χ0v) is 28.5. The van der Waals surface area contributed by atoms with Crippen molar-refractivity contribution < 1.29 is 43.3 Å². The summed E-state index contributed by atoms with van der Waals surface area (Å²) in [7, 11) is 3.51. The minimum atomic E-state index is -0.845. The number of rotatable bonds is 22. The van der Waals surface area contributed by atoms with Crippen LogP contribution in [-0.2, 0) is 40.1 Å². The molecule has 1 heterocycles. The molecule has 0 aliphatic carbocycles. The first-order valence-electron chi connectivity index (χ1n) is 16.2. The Morgan fingerprint density at radius 2 is 1.67 bits per heavy atom. The average molecular weight is 675 g/mol. The molecule has 266 valence electrons. The van der Waals surface area contributed by atoms with Crippen LogP contribution in [0.4, 0.5) is 5.69 Å². The lowest BCUT2D eigenvalue weighted by Gasteiger charge is -2.26. The number of likely N-dealkylation sites (N-methyl/N-ethyl adjacent to an activating group) is 1. The number of imide groups is 1. The molecule has 6 amide bonds. The highest BCUT2D eigenvalue weighted by Crippen LogP contribution is 2.24. The van der Waals surface area contributed by atoms with Gasteiger partial charge in [0.15, 0.2) is 0 Å². The Morgan fingerprint density at radius 3 is 2.29 bits per heavy atom. The van der Waals surface area contributed by atoms with Gasteiger partial charge in [-0.15, -0.1) is 0 Å². The second kappa shape index (κ2) is 20.8. The number of carbonyl (C=O) groups excluding carboxylic acids is 6. The third-order valence-corrected chi connectivity index (χ3v) is 7.23. The van der Waals surface area contributed by atoms with E-state index in [2.05, 4.69) is 21.3 Å². The Morgan fingerprint density at radius 1 is 0.958 bits per heavy atom. The Hall–Kier alpha value is -4.34. The molecule has 0 unspecified atom stereocenters. The summed E-state index contributed by atoms with van der Waals surface area (Å²) in [4.78, 5) is 76.7. The van der Waals surface area contributed by atoms with Gasteiger partial charge in [0, 0.05) is 49.0 Å². The van der Waals surface area contributed by atoms with Gasteiger partial charge in [-0.1, -0.05) is 39.7 Å². The Labute approximate surface area is 281 Å². The van der Waals surface area contributed by atoms with Gasteiger partial charge < -0.3 is 40.7 Å². The minimum absolute atomic E-state index is 0.00147.